The summed E-state index contributed by atoms with van der Waals surface area (Å²) in [7, 11) is 0. The third-order valence-corrected chi connectivity index (χ3v) is 10.5. The maximum atomic E-state index is 7.18. The quantitative estimate of drug-likeness (QED) is 0.145. The summed E-state index contributed by atoms with van der Waals surface area (Å²) >= 11 is 0. The summed E-state index contributed by atoms with van der Waals surface area (Å²) in [6, 6.07) is 54.8. The highest BCUT2D eigenvalue weighted by Gasteiger charge is 2.21. The van der Waals surface area contributed by atoms with Crippen molar-refractivity contribution in [2.24, 2.45) is 0 Å². The molecule has 2 heteroatoms. The normalized spacial score (nSPS) is 12.1. The van der Waals surface area contributed by atoms with Gasteiger partial charge < -0.3 is 4.74 Å². The average molecular weight is 622 g/mol. The lowest BCUT2D eigenvalue weighted by molar-refractivity contribution is 0.500. The lowest BCUT2D eigenvalue weighted by Gasteiger charge is -2.20. The first-order valence-corrected chi connectivity index (χ1v) is 16.8. The van der Waals surface area contributed by atoms with Crippen molar-refractivity contribution in [3.05, 3.63) is 164 Å². The first-order chi connectivity index (χ1) is 24.3. The Morgan fingerprint density at radius 2 is 0.939 bits per heavy atom. The molecular weight excluding hydrogens is 595 g/mol. The fraction of sp³-hybridized carbons (Fsp3) is 0. The summed E-state index contributed by atoms with van der Waals surface area (Å²) in [5, 5.41) is 19.3. The van der Waals surface area contributed by atoms with Crippen LogP contribution < -0.4 is 4.74 Å². The molecule has 0 N–H and O–H groups in total. The van der Waals surface area contributed by atoms with E-state index in [4.69, 9.17) is 4.74 Å². The zero-order chi connectivity index (χ0) is 32.1. The number of nitrogens with zero attached hydrogens (tertiary/aromatic N) is 1. The number of ether oxygens (including phenoxy) is 1. The molecular formula is C47H27NO. The van der Waals surface area contributed by atoms with E-state index in [9.17, 15) is 0 Å². The zero-order valence-corrected chi connectivity index (χ0v) is 26.4. The molecule has 0 saturated carbocycles. The van der Waals surface area contributed by atoms with Crippen LogP contribution in [0.2, 0.25) is 0 Å². The second-order valence-corrected chi connectivity index (χ2v) is 13.0. The molecule has 49 heavy (non-hydrogen) atoms. The van der Waals surface area contributed by atoms with E-state index in [-0.39, 0.29) is 0 Å². The molecule has 0 fully saturated rings. The highest BCUT2D eigenvalue weighted by Crippen LogP contribution is 2.49. The molecule has 0 saturated heterocycles. The Morgan fingerprint density at radius 1 is 0.367 bits per heavy atom. The topological polar surface area (TPSA) is 22.1 Å². The van der Waals surface area contributed by atoms with Gasteiger partial charge >= 0.3 is 0 Å². The summed E-state index contributed by atoms with van der Waals surface area (Å²) in [6.07, 6.45) is 3.88. The Labute approximate surface area is 281 Å². The molecule has 226 valence electrons. The molecule has 0 radical (unpaired) electrons. The van der Waals surface area contributed by atoms with E-state index >= 15 is 0 Å². The van der Waals surface area contributed by atoms with E-state index in [1.807, 2.05) is 12.4 Å². The third kappa shape index (κ3) is 3.69. The third-order valence-electron chi connectivity index (χ3n) is 10.5. The molecule has 0 aliphatic heterocycles. The van der Waals surface area contributed by atoms with Crippen molar-refractivity contribution in [2.75, 3.05) is 0 Å². The molecule has 10 aromatic carbocycles. The summed E-state index contributed by atoms with van der Waals surface area (Å²) in [4.78, 5) is 4.67. The molecule has 0 unspecified atom stereocenters. The van der Waals surface area contributed by atoms with E-state index in [1.54, 1.807) is 0 Å². The fourth-order valence-electron chi connectivity index (χ4n) is 8.46. The van der Waals surface area contributed by atoms with E-state index < -0.39 is 0 Å². The van der Waals surface area contributed by atoms with Gasteiger partial charge in [-0.1, -0.05) is 127 Å². The number of rotatable bonds is 3. The van der Waals surface area contributed by atoms with Crippen LogP contribution in [0.25, 0.3) is 97.3 Å². The number of aromatic nitrogens is 1. The second-order valence-electron chi connectivity index (χ2n) is 13.0. The Balaban J connectivity index is 1.21. The first-order valence-electron chi connectivity index (χ1n) is 16.8. The van der Waals surface area contributed by atoms with Gasteiger partial charge in [-0.3, -0.25) is 4.98 Å². The smallest absolute Gasteiger partial charge is 0.143 e. The highest BCUT2D eigenvalue weighted by molar-refractivity contribution is 6.33. The van der Waals surface area contributed by atoms with Gasteiger partial charge in [0.15, 0.2) is 0 Å². The Kier molecular flexibility index (Phi) is 5.42. The monoisotopic (exact) mass is 621 g/mol. The first kappa shape index (κ1) is 26.5. The molecule has 0 aliphatic carbocycles. The number of benzene rings is 10. The molecule has 2 nitrogen and oxygen atoms in total. The predicted octanol–water partition coefficient (Wildman–Crippen LogP) is 13.2. The van der Waals surface area contributed by atoms with Crippen molar-refractivity contribution >= 4 is 86.2 Å². The zero-order valence-electron chi connectivity index (χ0n) is 26.4. The van der Waals surface area contributed by atoms with Gasteiger partial charge in [0.25, 0.3) is 0 Å². The van der Waals surface area contributed by atoms with Crippen LogP contribution in [0.5, 0.6) is 11.5 Å². The summed E-state index contributed by atoms with van der Waals surface area (Å²) in [5.41, 5.74) is 2.37. The molecule has 0 amide bonds. The van der Waals surface area contributed by atoms with E-state index in [2.05, 4.69) is 157 Å². The van der Waals surface area contributed by atoms with Gasteiger partial charge in [-0.05, 0) is 94.6 Å². The number of fused-ring (bicyclic) bond motifs is 7. The number of pyridine rings is 1. The minimum absolute atomic E-state index is 0.847. The summed E-state index contributed by atoms with van der Waals surface area (Å²) in [5.74, 6) is 1.69. The van der Waals surface area contributed by atoms with Crippen LogP contribution in [-0.4, -0.2) is 4.98 Å². The van der Waals surface area contributed by atoms with Gasteiger partial charge in [0, 0.05) is 39.3 Å². The Morgan fingerprint density at radius 3 is 1.76 bits per heavy atom. The van der Waals surface area contributed by atoms with Gasteiger partial charge in [-0.15, -0.1) is 0 Å². The average Bonchev–Trinajstić information content (AvgIpc) is 3.17. The van der Waals surface area contributed by atoms with Crippen molar-refractivity contribution in [3.63, 3.8) is 0 Å². The molecule has 11 aromatic rings. The molecule has 0 atom stereocenters. The summed E-state index contributed by atoms with van der Waals surface area (Å²) in [6.45, 7) is 0. The number of hydrogen-bond acceptors (Lipinski definition) is 2. The van der Waals surface area contributed by atoms with Gasteiger partial charge in [0.1, 0.15) is 11.5 Å². The maximum Gasteiger partial charge on any atom is 0.143 e. The van der Waals surface area contributed by atoms with Crippen LogP contribution in [-0.2, 0) is 0 Å². The van der Waals surface area contributed by atoms with Crippen LogP contribution in [0, 0.1) is 0 Å². The van der Waals surface area contributed by atoms with Crippen LogP contribution >= 0.6 is 0 Å². The van der Waals surface area contributed by atoms with Crippen molar-refractivity contribution in [3.8, 4) is 22.6 Å². The molecule has 1 aromatic heterocycles. The highest BCUT2D eigenvalue weighted by atomic mass is 16.5. The SMILES string of the molecule is c1ccc2c(c1)cc(-c1c3ccccc3c(Oc3ccc4c5cccc6cccc(c7cccc3c74)c65)c3ccncc13)c1ccccc12. The molecule has 0 bridgehead atoms. The summed E-state index contributed by atoms with van der Waals surface area (Å²) < 4.78 is 7.18. The van der Waals surface area contributed by atoms with Crippen molar-refractivity contribution < 1.29 is 4.74 Å². The van der Waals surface area contributed by atoms with E-state index in [0.717, 1.165) is 38.4 Å². The largest absolute Gasteiger partial charge is 0.455 e. The van der Waals surface area contributed by atoms with Crippen LogP contribution in [0.1, 0.15) is 0 Å². The molecule has 11 rings (SSSR count). The minimum atomic E-state index is 0.847. The van der Waals surface area contributed by atoms with E-state index in [1.165, 1.54) is 70.4 Å². The molecule has 0 spiro atoms. The Bertz CT molecular complexity index is 3030. The van der Waals surface area contributed by atoms with Gasteiger partial charge in [0.2, 0.25) is 0 Å². The molecule has 0 aliphatic rings. The van der Waals surface area contributed by atoms with Crippen LogP contribution in [0.4, 0.5) is 0 Å². The molecule has 1 heterocycles. The maximum absolute atomic E-state index is 7.18. The van der Waals surface area contributed by atoms with Gasteiger partial charge in [0.05, 0.1) is 0 Å². The van der Waals surface area contributed by atoms with Crippen molar-refractivity contribution in [1.29, 1.82) is 0 Å². The van der Waals surface area contributed by atoms with Crippen LogP contribution in [0.3, 0.4) is 0 Å². The van der Waals surface area contributed by atoms with Crippen molar-refractivity contribution in [1.82, 2.24) is 4.98 Å². The fourth-order valence-corrected chi connectivity index (χ4v) is 8.46. The van der Waals surface area contributed by atoms with Gasteiger partial charge in [-0.25, -0.2) is 0 Å². The van der Waals surface area contributed by atoms with Crippen LogP contribution in [0.15, 0.2) is 164 Å². The standard InChI is InChI=1S/C47H27NO/c1-2-13-30-29(10-1)26-41(32-15-4-3-14-31(30)32)46-36-16-5-6-17-38(36)47(39-24-25-48-27-42(39)46)49-43-23-22-37-34-19-8-12-28-11-7-18-33(44(28)34)35-20-9-21-40(43)45(35)37/h1-27H. The van der Waals surface area contributed by atoms with E-state index in [0.29, 0.717) is 0 Å². The second kappa shape index (κ2) is 10.00. The predicted molar refractivity (Wildman–Crippen MR) is 207 cm³/mol. The lowest BCUT2D eigenvalue weighted by atomic mass is 9.87. The van der Waals surface area contributed by atoms with Gasteiger partial charge in [-0.2, -0.15) is 0 Å². The van der Waals surface area contributed by atoms with Crippen molar-refractivity contribution in [2.45, 2.75) is 0 Å². The Hall–Kier alpha value is -6.51. The lowest BCUT2D eigenvalue weighted by Crippen LogP contribution is -1.95. The minimum Gasteiger partial charge on any atom is -0.455 e. The number of hydrogen-bond donors (Lipinski definition) is 0.